The molecule has 0 saturated carbocycles. The zero-order valence-corrected chi connectivity index (χ0v) is 18.9. The van der Waals surface area contributed by atoms with Gasteiger partial charge in [-0.05, 0) is 57.7 Å². The van der Waals surface area contributed by atoms with Crippen molar-refractivity contribution >= 4 is 17.7 Å². The first-order valence-corrected chi connectivity index (χ1v) is 10.2. The lowest BCUT2D eigenvalue weighted by atomic mass is 10.0. The summed E-state index contributed by atoms with van der Waals surface area (Å²) >= 11 is 0. The van der Waals surface area contributed by atoms with Gasteiger partial charge < -0.3 is 14.8 Å². The van der Waals surface area contributed by atoms with Crippen LogP contribution in [0.25, 0.3) is 0 Å². The number of hydrogen-bond donors (Lipinski definition) is 1. The first-order valence-electron chi connectivity index (χ1n) is 10.2. The van der Waals surface area contributed by atoms with Crippen LogP contribution < -0.4 is 14.8 Å². The third-order valence-electron chi connectivity index (χ3n) is 3.87. The number of Topliss-reactive ketones (excluding diaryl/α,β-unsaturated/α-hetero) is 1. The monoisotopic (exact) mass is 405 g/mol. The van der Waals surface area contributed by atoms with E-state index >= 15 is 0 Å². The van der Waals surface area contributed by atoms with Crippen LogP contribution in [0, 0.1) is 11.8 Å². The summed E-state index contributed by atoms with van der Waals surface area (Å²) in [4.78, 5) is 37.1. The molecule has 0 bridgehead atoms. The van der Waals surface area contributed by atoms with Crippen LogP contribution in [-0.4, -0.2) is 29.3 Å². The normalized spacial score (nSPS) is 12.8. The van der Waals surface area contributed by atoms with Gasteiger partial charge in [-0.1, -0.05) is 27.7 Å². The van der Waals surface area contributed by atoms with Gasteiger partial charge >= 0.3 is 11.9 Å². The van der Waals surface area contributed by atoms with Crippen molar-refractivity contribution in [3.8, 4) is 11.5 Å². The Morgan fingerprint density at radius 2 is 1.34 bits per heavy atom. The molecule has 1 rings (SSSR count). The van der Waals surface area contributed by atoms with Gasteiger partial charge in [-0.25, -0.2) is 0 Å². The number of rotatable bonds is 9. The third-order valence-corrected chi connectivity index (χ3v) is 3.87. The van der Waals surface area contributed by atoms with Gasteiger partial charge in [-0.15, -0.1) is 0 Å². The summed E-state index contributed by atoms with van der Waals surface area (Å²) in [5.41, 5.74) is 0.152. The molecule has 1 aromatic rings. The fraction of sp³-hybridized carbons (Fsp3) is 0.609. The number of benzene rings is 1. The Morgan fingerprint density at radius 3 is 1.79 bits per heavy atom. The summed E-state index contributed by atoms with van der Waals surface area (Å²) in [6.07, 6.45) is 0.464. The van der Waals surface area contributed by atoms with Crippen LogP contribution in [0.5, 0.6) is 11.5 Å². The highest BCUT2D eigenvalue weighted by molar-refractivity contribution is 6.00. The molecular formula is C23H35NO5. The van der Waals surface area contributed by atoms with E-state index in [1.54, 1.807) is 13.0 Å². The first-order chi connectivity index (χ1) is 13.3. The zero-order valence-electron chi connectivity index (χ0n) is 18.9. The maximum absolute atomic E-state index is 12.8. The largest absolute Gasteiger partial charge is 0.423 e. The minimum atomic E-state index is -0.438. The minimum absolute atomic E-state index is 0.0848. The van der Waals surface area contributed by atoms with E-state index in [0.717, 1.165) is 0 Å². The number of ketones is 1. The minimum Gasteiger partial charge on any atom is -0.423 e. The second kappa shape index (κ2) is 10.5. The Kier molecular flexibility index (Phi) is 9.02. The topological polar surface area (TPSA) is 81.7 Å². The van der Waals surface area contributed by atoms with Crippen LogP contribution in [0.2, 0.25) is 0 Å². The number of nitrogens with one attached hydrogen (secondary N) is 1. The lowest BCUT2D eigenvalue weighted by molar-refractivity contribution is -0.138. The summed E-state index contributed by atoms with van der Waals surface area (Å²) in [5.74, 6) is -0.507. The molecule has 0 aliphatic heterocycles. The lowest BCUT2D eigenvalue weighted by Gasteiger charge is -2.25. The molecular weight excluding hydrogens is 370 g/mol. The Morgan fingerprint density at radius 1 is 0.862 bits per heavy atom. The fourth-order valence-corrected chi connectivity index (χ4v) is 2.79. The quantitative estimate of drug-likeness (QED) is 0.369. The van der Waals surface area contributed by atoms with Crippen LogP contribution in [0.1, 0.15) is 78.6 Å². The van der Waals surface area contributed by atoms with Crippen molar-refractivity contribution in [1.82, 2.24) is 5.32 Å². The number of esters is 2. The highest BCUT2D eigenvalue weighted by Gasteiger charge is 2.23. The first kappa shape index (κ1) is 24.8. The summed E-state index contributed by atoms with van der Waals surface area (Å²) in [6.45, 7) is 15.4. The van der Waals surface area contributed by atoms with Gasteiger partial charge in [0.1, 0.15) is 0 Å². The molecule has 0 fully saturated rings. The third kappa shape index (κ3) is 9.22. The molecule has 0 amide bonds. The van der Waals surface area contributed by atoms with Crippen LogP contribution in [0.15, 0.2) is 18.2 Å². The Labute approximate surface area is 174 Å². The SMILES string of the molecule is CC(C)CC(=O)Oc1ccc(C(=O)C(C)NC(C)(C)C)cc1OC(=O)CC(C)C. The molecule has 0 saturated heterocycles. The molecule has 0 heterocycles. The summed E-state index contributed by atoms with van der Waals surface area (Å²) in [6, 6.07) is 4.14. The predicted molar refractivity (Wildman–Crippen MR) is 113 cm³/mol. The molecule has 6 nitrogen and oxygen atoms in total. The number of carbonyl (C=O) groups is 3. The van der Waals surface area contributed by atoms with E-state index in [1.165, 1.54) is 12.1 Å². The highest BCUT2D eigenvalue weighted by atomic mass is 16.6. The maximum Gasteiger partial charge on any atom is 0.311 e. The van der Waals surface area contributed by atoms with Crippen molar-refractivity contribution in [2.24, 2.45) is 11.8 Å². The molecule has 0 spiro atoms. The standard InChI is InChI=1S/C23H35NO5/c1-14(2)11-20(25)28-18-10-9-17(22(27)16(5)24-23(6,7)8)13-19(18)29-21(26)12-15(3)4/h9-10,13-16,24H,11-12H2,1-8H3. The molecule has 6 heteroatoms. The average molecular weight is 406 g/mol. The lowest BCUT2D eigenvalue weighted by Crippen LogP contribution is -2.46. The molecule has 1 N–H and O–H groups in total. The van der Waals surface area contributed by atoms with E-state index in [2.05, 4.69) is 5.32 Å². The maximum atomic E-state index is 12.8. The summed E-state index contributed by atoms with van der Waals surface area (Å²) < 4.78 is 10.8. The van der Waals surface area contributed by atoms with Crippen molar-refractivity contribution in [3.63, 3.8) is 0 Å². The number of carbonyl (C=O) groups excluding carboxylic acids is 3. The van der Waals surface area contributed by atoms with Crippen LogP contribution >= 0.6 is 0 Å². The molecule has 0 aliphatic carbocycles. The number of hydrogen-bond acceptors (Lipinski definition) is 6. The van der Waals surface area contributed by atoms with Crippen molar-refractivity contribution < 1.29 is 23.9 Å². The zero-order chi connectivity index (χ0) is 22.4. The van der Waals surface area contributed by atoms with Crippen molar-refractivity contribution in [2.45, 2.75) is 79.8 Å². The van der Waals surface area contributed by atoms with Crippen molar-refractivity contribution in [3.05, 3.63) is 23.8 Å². The summed E-state index contributed by atoms with van der Waals surface area (Å²) in [5, 5.41) is 3.23. The predicted octanol–water partition coefficient (Wildman–Crippen LogP) is 4.55. The smallest absolute Gasteiger partial charge is 0.311 e. The van der Waals surface area contributed by atoms with E-state index in [9.17, 15) is 14.4 Å². The highest BCUT2D eigenvalue weighted by Crippen LogP contribution is 2.30. The van der Waals surface area contributed by atoms with E-state index in [-0.39, 0.29) is 47.5 Å². The van der Waals surface area contributed by atoms with Gasteiger partial charge in [0, 0.05) is 23.9 Å². The van der Waals surface area contributed by atoms with Gasteiger partial charge in [0.2, 0.25) is 0 Å². The van der Waals surface area contributed by atoms with Gasteiger partial charge in [0.05, 0.1) is 6.04 Å². The van der Waals surface area contributed by atoms with Crippen LogP contribution in [0.4, 0.5) is 0 Å². The molecule has 0 aliphatic rings. The van der Waals surface area contributed by atoms with Crippen LogP contribution in [-0.2, 0) is 9.59 Å². The Balaban J connectivity index is 3.15. The van der Waals surface area contributed by atoms with E-state index in [0.29, 0.717) is 5.56 Å². The van der Waals surface area contributed by atoms with Gasteiger partial charge in [-0.2, -0.15) is 0 Å². The average Bonchev–Trinajstić information content (AvgIpc) is 2.52. The van der Waals surface area contributed by atoms with Crippen molar-refractivity contribution in [2.75, 3.05) is 0 Å². The van der Waals surface area contributed by atoms with Gasteiger partial charge in [-0.3, -0.25) is 14.4 Å². The van der Waals surface area contributed by atoms with Crippen LogP contribution in [0.3, 0.4) is 0 Å². The molecule has 29 heavy (non-hydrogen) atoms. The Bertz CT molecular complexity index is 731. The number of ether oxygens (including phenoxy) is 2. The molecule has 1 atom stereocenters. The molecule has 1 aromatic carbocycles. The summed E-state index contributed by atoms with van der Waals surface area (Å²) in [7, 11) is 0. The molecule has 162 valence electrons. The van der Waals surface area contributed by atoms with E-state index < -0.39 is 18.0 Å². The van der Waals surface area contributed by atoms with E-state index in [4.69, 9.17) is 9.47 Å². The van der Waals surface area contributed by atoms with Crippen molar-refractivity contribution in [1.29, 1.82) is 0 Å². The molecule has 0 radical (unpaired) electrons. The van der Waals surface area contributed by atoms with E-state index in [1.807, 2.05) is 48.5 Å². The van der Waals surface area contributed by atoms with Gasteiger partial charge in [0.25, 0.3) is 0 Å². The Hall–Kier alpha value is -2.21. The second-order valence-electron chi connectivity index (χ2n) is 9.29. The molecule has 0 aromatic heterocycles. The fourth-order valence-electron chi connectivity index (χ4n) is 2.79. The van der Waals surface area contributed by atoms with Gasteiger partial charge in [0.15, 0.2) is 17.3 Å². The molecule has 1 unspecified atom stereocenters. The second-order valence-corrected chi connectivity index (χ2v) is 9.29.